The Bertz CT molecular complexity index is 776. The van der Waals surface area contributed by atoms with Crippen LogP contribution in [0.15, 0.2) is 37.1 Å². The Balaban J connectivity index is 1.44. The summed E-state index contributed by atoms with van der Waals surface area (Å²) in [7, 11) is 0. The summed E-state index contributed by atoms with van der Waals surface area (Å²) in [4.78, 5) is 11.3. The molecule has 1 fully saturated rings. The molecule has 0 bridgehead atoms. The van der Waals surface area contributed by atoms with Crippen molar-refractivity contribution < 1.29 is 0 Å². The molecular formula is C17H22N6. The van der Waals surface area contributed by atoms with Gasteiger partial charge in [-0.05, 0) is 44.4 Å². The van der Waals surface area contributed by atoms with Crippen LogP contribution in [-0.4, -0.2) is 42.1 Å². The van der Waals surface area contributed by atoms with Crippen LogP contribution in [0.4, 0.5) is 0 Å². The quantitative estimate of drug-likeness (QED) is 0.741. The summed E-state index contributed by atoms with van der Waals surface area (Å²) < 4.78 is 4.12. The van der Waals surface area contributed by atoms with Crippen LogP contribution in [0.5, 0.6) is 0 Å². The third-order valence-corrected chi connectivity index (χ3v) is 4.65. The molecule has 0 amide bonds. The molecule has 0 N–H and O–H groups in total. The van der Waals surface area contributed by atoms with Gasteiger partial charge in [0.15, 0.2) is 0 Å². The lowest BCUT2D eigenvalue weighted by atomic mass is 9.98. The van der Waals surface area contributed by atoms with Crippen LogP contribution < -0.4 is 0 Å². The molecule has 23 heavy (non-hydrogen) atoms. The van der Waals surface area contributed by atoms with Crippen molar-refractivity contribution in [3.8, 4) is 0 Å². The normalized spacial score (nSPS) is 19.4. The van der Waals surface area contributed by atoms with Gasteiger partial charge < -0.3 is 4.40 Å². The number of pyridine rings is 1. The van der Waals surface area contributed by atoms with Crippen molar-refractivity contribution >= 4 is 5.65 Å². The molecule has 3 aromatic heterocycles. The third kappa shape index (κ3) is 3.12. The molecule has 0 radical (unpaired) electrons. The van der Waals surface area contributed by atoms with E-state index in [9.17, 15) is 0 Å². The van der Waals surface area contributed by atoms with Crippen molar-refractivity contribution in [3.63, 3.8) is 0 Å². The number of rotatable bonds is 4. The van der Waals surface area contributed by atoms with E-state index < -0.39 is 0 Å². The van der Waals surface area contributed by atoms with E-state index in [0.717, 1.165) is 37.5 Å². The molecule has 0 aromatic carbocycles. The van der Waals surface area contributed by atoms with Crippen molar-refractivity contribution in [1.82, 2.24) is 29.0 Å². The van der Waals surface area contributed by atoms with E-state index in [2.05, 4.69) is 50.7 Å². The van der Waals surface area contributed by atoms with E-state index >= 15 is 0 Å². The van der Waals surface area contributed by atoms with E-state index in [1.54, 1.807) is 6.33 Å². The molecule has 0 unspecified atom stereocenters. The smallest absolute Gasteiger partial charge is 0.137 e. The van der Waals surface area contributed by atoms with Gasteiger partial charge in [-0.2, -0.15) is 5.10 Å². The van der Waals surface area contributed by atoms with Gasteiger partial charge in [0, 0.05) is 31.5 Å². The first-order valence-electron chi connectivity index (χ1n) is 8.26. The predicted octanol–water partition coefficient (Wildman–Crippen LogP) is 2.15. The summed E-state index contributed by atoms with van der Waals surface area (Å²) in [5.74, 6) is 0.643. The first-order valence-corrected chi connectivity index (χ1v) is 8.26. The standard InChI is InChI=1S/C17H22N6/c1-14-4-2-6-17-20-16(11-23(14)17)10-21-7-3-5-15(8-21)9-22-13-18-12-19-22/h2,4,6,11-13,15H,3,5,7-10H2,1H3/t15-/m1/s1. The van der Waals surface area contributed by atoms with Gasteiger partial charge in [-0.15, -0.1) is 0 Å². The van der Waals surface area contributed by atoms with Crippen LogP contribution in [0.1, 0.15) is 24.2 Å². The van der Waals surface area contributed by atoms with Gasteiger partial charge >= 0.3 is 0 Å². The van der Waals surface area contributed by atoms with Crippen molar-refractivity contribution in [2.24, 2.45) is 5.92 Å². The van der Waals surface area contributed by atoms with Gasteiger partial charge in [0.25, 0.3) is 0 Å². The van der Waals surface area contributed by atoms with Crippen LogP contribution in [0, 0.1) is 12.8 Å². The zero-order chi connectivity index (χ0) is 15.6. The minimum absolute atomic E-state index is 0.643. The molecule has 120 valence electrons. The van der Waals surface area contributed by atoms with Crippen molar-refractivity contribution in [1.29, 1.82) is 0 Å². The number of piperidine rings is 1. The van der Waals surface area contributed by atoms with Gasteiger partial charge in [-0.1, -0.05) is 6.07 Å². The first-order chi connectivity index (χ1) is 11.3. The molecule has 1 saturated heterocycles. The van der Waals surface area contributed by atoms with E-state index in [-0.39, 0.29) is 0 Å². The second-order valence-corrected chi connectivity index (χ2v) is 6.49. The minimum atomic E-state index is 0.643. The maximum atomic E-state index is 4.76. The fourth-order valence-electron chi connectivity index (χ4n) is 3.54. The highest BCUT2D eigenvalue weighted by Crippen LogP contribution is 2.20. The minimum Gasteiger partial charge on any atom is -0.304 e. The Morgan fingerprint density at radius 2 is 2.26 bits per heavy atom. The Morgan fingerprint density at radius 1 is 1.30 bits per heavy atom. The summed E-state index contributed by atoms with van der Waals surface area (Å²) >= 11 is 0. The SMILES string of the molecule is Cc1cccc2nc(CN3CCC[C@@H](Cn4cncn4)C3)cn12. The highest BCUT2D eigenvalue weighted by molar-refractivity contribution is 5.41. The van der Waals surface area contributed by atoms with Crippen molar-refractivity contribution in [2.75, 3.05) is 13.1 Å². The maximum Gasteiger partial charge on any atom is 0.137 e. The molecule has 6 heteroatoms. The van der Waals surface area contributed by atoms with Gasteiger partial charge in [-0.3, -0.25) is 9.58 Å². The second-order valence-electron chi connectivity index (χ2n) is 6.49. The Labute approximate surface area is 135 Å². The molecule has 1 atom stereocenters. The second kappa shape index (κ2) is 6.12. The van der Waals surface area contributed by atoms with Crippen LogP contribution in [0.25, 0.3) is 5.65 Å². The Hall–Kier alpha value is -2.21. The van der Waals surface area contributed by atoms with Crippen LogP contribution in [0.3, 0.4) is 0 Å². The van der Waals surface area contributed by atoms with E-state index in [1.807, 2.05) is 11.0 Å². The van der Waals surface area contributed by atoms with E-state index in [0.29, 0.717) is 5.92 Å². The highest BCUT2D eigenvalue weighted by Gasteiger charge is 2.21. The summed E-state index contributed by atoms with van der Waals surface area (Å²) in [6.45, 7) is 6.26. The highest BCUT2D eigenvalue weighted by atomic mass is 15.3. The zero-order valence-electron chi connectivity index (χ0n) is 13.5. The molecule has 4 rings (SSSR count). The molecule has 3 aromatic rings. The van der Waals surface area contributed by atoms with Gasteiger partial charge in [0.05, 0.1) is 5.69 Å². The molecule has 1 aliphatic rings. The lowest BCUT2D eigenvalue weighted by molar-refractivity contribution is 0.152. The van der Waals surface area contributed by atoms with E-state index in [4.69, 9.17) is 4.98 Å². The fraction of sp³-hybridized carbons (Fsp3) is 0.471. The molecule has 1 aliphatic heterocycles. The molecule has 0 saturated carbocycles. The number of hydrogen-bond acceptors (Lipinski definition) is 4. The summed E-state index contributed by atoms with van der Waals surface area (Å²) in [5, 5.41) is 4.23. The topological polar surface area (TPSA) is 51.2 Å². The summed E-state index contributed by atoms with van der Waals surface area (Å²) in [5.41, 5.74) is 3.42. The third-order valence-electron chi connectivity index (χ3n) is 4.65. The number of imidazole rings is 1. The molecule has 6 nitrogen and oxygen atoms in total. The molecule has 0 aliphatic carbocycles. The lowest BCUT2D eigenvalue weighted by Crippen LogP contribution is -2.36. The average Bonchev–Trinajstić information content (AvgIpc) is 3.18. The number of hydrogen-bond donors (Lipinski definition) is 0. The van der Waals surface area contributed by atoms with Crippen molar-refractivity contribution in [3.05, 3.63) is 48.4 Å². The predicted molar refractivity (Wildman–Crippen MR) is 88.0 cm³/mol. The first kappa shape index (κ1) is 14.4. The lowest BCUT2D eigenvalue weighted by Gasteiger charge is -2.32. The Kier molecular flexibility index (Phi) is 3.83. The molecular weight excluding hydrogens is 288 g/mol. The number of nitrogens with zero attached hydrogens (tertiary/aromatic N) is 6. The van der Waals surface area contributed by atoms with Crippen LogP contribution >= 0.6 is 0 Å². The van der Waals surface area contributed by atoms with Crippen molar-refractivity contribution in [2.45, 2.75) is 32.9 Å². The summed E-state index contributed by atoms with van der Waals surface area (Å²) in [6.07, 6.45) is 8.10. The zero-order valence-corrected chi connectivity index (χ0v) is 13.5. The van der Waals surface area contributed by atoms with Gasteiger partial charge in [-0.25, -0.2) is 9.97 Å². The maximum absolute atomic E-state index is 4.76. The molecule has 0 spiro atoms. The fourth-order valence-corrected chi connectivity index (χ4v) is 3.54. The molecule has 4 heterocycles. The number of likely N-dealkylation sites (tertiary alicyclic amines) is 1. The number of aromatic nitrogens is 5. The summed E-state index contributed by atoms with van der Waals surface area (Å²) in [6, 6.07) is 6.25. The monoisotopic (exact) mass is 310 g/mol. The van der Waals surface area contributed by atoms with Gasteiger partial charge in [0.1, 0.15) is 18.3 Å². The van der Waals surface area contributed by atoms with Crippen LogP contribution in [-0.2, 0) is 13.1 Å². The average molecular weight is 310 g/mol. The largest absolute Gasteiger partial charge is 0.304 e. The number of aryl methyl sites for hydroxylation is 1. The van der Waals surface area contributed by atoms with Gasteiger partial charge in [0.2, 0.25) is 0 Å². The van der Waals surface area contributed by atoms with E-state index in [1.165, 1.54) is 18.5 Å². The van der Waals surface area contributed by atoms with Crippen LogP contribution in [0.2, 0.25) is 0 Å². The Morgan fingerprint density at radius 3 is 3.09 bits per heavy atom. The number of fused-ring (bicyclic) bond motifs is 1.